The van der Waals surface area contributed by atoms with Crippen LogP contribution < -0.4 is 15.4 Å². The van der Waals surface area contributed by atoms with Crippen LogP contribution in [-0.2, 0) is 21.3 Å². The topological polar surface area (TPSA) is 91.8 Å². The number of guanidine groups is 1. The number of aliphatic imine (C=N–C) groups is 1. The first-order chi connectivity index (χ1) is 11.9. The fourth-order valence-corrected chi connectivity index (χ4v) is 2.70. The second-order valence-corrected chi connectivity index (χ2v) is 7.89. The van der Waals surface area contributed by atoms with Gasteiger partial charge in [-0.25, -0.2) is 13.1 Å². The molecule has 1 aromatic rings. The van der Waals surface area contributed by atoms with Crippen LogP contribution in [0.1, 0.15) is 25.8 Å². The second-order valence-electron chi connectivity index (χ2n) is 6.00. The van der Waals surface area contributed by atoms with E-state index in [0.717, 1.165) is 18.6 Å². The maximum absolute atomic E-state index is 11.7. The van der Waals surface area contributed by atoms with E-state index in [1.165, 1.54) is 7.05 Å². The minimum absolute atomic E-state index is 0.250. The van der Waals surface area contributed by atoms with Crippen molar-refractivity contribution in [3.05, 3.63) is 29.8 Å². The van der Waals surface area contributed by atoms with Gasteiger partial charge in [-0.2, -0.15) is 0 Å². The summed E-state index contributed by atoms with van der Waals surface area (Å²) >= 11 is 0. The molecule has 0 bridgehead atoms. The van der Waals surface area contributed by atoms with E-state index < -0.39 is 10.0 Å². The zero-order valence-electron chi connectivity index (χ0n) is 15.5. The number of sulfonamides is 1. The summed E-state index contributed by atoms with van der Waals surface area (Å²) in [4.78, 5) is 4.40. The number of rotatable bonds is 10. The van der Waals surface area contributed by atoms with E-state index in [2.05, 4.69) is 34.2 Å². The van der Waals surface area contributed by atoms with E-state index in [4.69, 9.17) is 4.74 Å². The second kappa shape index (κ2) is 11.1. The predicted molar refractivity (Wildman–Crippen MR) is 101 cm³/mol. The first-order valence-corrected chi connectivity index (χ1v) is 9.92. The summed E-state index contributed by atoms with van der Waals surface area (Å²) in [5.41, 5.74) is 0.964. The molecule has 0 spiro atoms. The lowest BCUT2D eigenvalue weighted by Crippen LogP contribution is -2.38. The quantitative estimate of drug-likeness (QED) is 0.328. The van der Waals surface area contributed by atoms with Crippen LogP contribution in [0.2, 0.25) is 0 Å². The van der Waals surface area contributed by atoms with Gasteiger partial charge in [-0.15, -0.1) is 0 Å². The lowest BCUT2D eigenvalue weighted by atomic mass is 10.1. The molecule has 1 aromatic carbocycles. The molecule has 0 atom stereocenters. The minimum atomic E-state index is -3.40. The summed E-state index contributed by atoms with van der Waals surface area (Å²) in [5, 5.41) is 6.37. The zero-order chi connectivity index (χ0) is 18.7. The van der Waals surface area contributed by atoms with Gasteiger partial charge in [0, 0.05) is 26.7 Å². The molecule has 7 nitrogen and oxygen atoms in total. The fraction of sp³-hybridized carbons (Fsp3) is 0.588. The van der Waals surface area contributed by atoms with E-state index in [-0.39, 0.29) is 4.90 Å². The summed E-state index contributed by atoms with van der Waals surface area (Å²) in [6.07, 6.45) is 1.06. The van der Waals surface area contributed by atoms with E-state index in [0.29, 0.717) is 31.6 Å². The number of nitrogens with one attached hydrogen (secondary N) is 3. The molecule has 0 aliphatic rings. The molecule has 0 fully saturated rings. The van der Waals surface area contributed by atoms with E-state index >= 15 is 0 Å². The third-order valence-electron chi connectivity index (χ3n) is 3.56. The number of nitrogens with zero attached hydrogens (tertiary/aromatic N) is 1. The van der Waals surface area contributed by atoms with Crippen LogP contribution in [0.4, 0.5) is 0 Å². The van der Waals surface area contributed by atoms with Crippen molar-refractivity contribution in [1.29, 1.82) is 0 Å². The Morgan fingerprint density at radius 2 is 1.84 bits per heavy atom. The molecule has 1 rings (SSSR count). The van der Waals surface area contributed by atoms with Crippen molar-refractivity contribution in [3.63, 3.8) is 0 Å². The SMILES string of the molecule is CN=C(NCCOCCC(C)C)NCc1ccc(S(=O)(=O)NC)cc1. The monoisotopic (exact) mass is 370 g/mol. The Bertz CT molecular complexity index is 628. The molecule has 0 aromatic heterocycles. The van der Waals surface area contributed by atoms with E-state index in [1.807, 2.05) is 0 Å². The minimum Gasteiger partial charge on any atom is -0.380 e. The molecule has 0 saturated heterocycles. The third kappa shape index (κ3) is 8.33. The molecule has 3 N–H and O–H groups in total. The Labute approximate surface area is 151 Å². The van der Waals surface area contributed by atoms with Crippen LogP contribution in [0.25, 0.3) is 0 Å². The number of hydrogen-bond donors (Lipinski definition) is 3. The third-order valence-corrected chi connectivity index (χ3v) is 4.99. The molecule has 25 heavy (non-hydrogen) atoms. The Hall–Kier alpha value is -1.64. The van der Waals surface area contributed by atoms with Crippen molar-refractivity contribution in [3.8, 4) is 0 Å². The normalized spacial score (nSPS) is 12.4. The summed E-state index contributed by atoms with van der Waals surface area (Å²) in [6.45, 7) is 6.98. The number of ether oxygens (including phenoxy) is 1. The Balaban J connectivity index is 2.35. The van der Waals surface area contributed by atoms with Crippen molar-refractivity contribution < 1.29 is 13.2 Å². The first kappa shape index (κ1) is 21.4. The van der Waals surface area contributed by atoms with Gasteiger partial charge in [0.05, 0.1) is 11.5 Å². The van der Waals surface area contributed by atoms with Gasteiger partial charge in [0.25, 0.3) is 0 Å². The molecular weight excluding hydrogens is 340 g/mol. The van der Waals surface area contributed by atoms with Crippen LogP contribution >= 0.6 is 0 Å². The van der Waals surface area contributed by atoms with Gasteiger partial charge >= 0.3 is 0 Å². The Morgan fingerprint density at radius 3 is 2.40 bits per heavy atom. The van der Waals surface area contributed by atoms with Crippen LogP contribution in [0.5, 0.6) is 0 Å². The zero-order valence-corrected chi connectivity index (χ0v) is 16.3. The molecule has 0 aliphatic heterocycles. The summed E-state index contributed by atoms with van der Waals surface area (Å²) < 4.78 is 31.2. The Morgan fingerprint density at radius 1 is 1.16 bits per heavy atom. The molecular formula is C17H30N4O3S. The highest BCUT2D eigenvalue weighted by Gasteiger charge is 2.10. The highest BCUT2D eigenvalue weighted by Crippen LogP contribution is 2.09. The van der Waals surface area contributed by atoms with Gasteiger partial charge in [0.2, 0.25) is 10.0 Å². The van der Waals surface area contributed by atoms with Gasteiger partial charge in [0.1, 0.15) is 0 Å². The average Bonchev–Trinajstić information content (AvgIpc) is 2.60. The summed E-state index contributed by atoms with van der Waals surface area (Å²) in [7, 11) is -0.295. The molecule has 0 amide bonds. The van der Waals surface area contributed by atoms with E-state index in [1.54, 1.807) is 31.3 Å². The highest BCUT2D eigenvalue weighted by molar-refractivity contribution is 7.89. The maximum atomic E-state index is 11.7. The van der Waals surface area contributed by atoms with Gasteiger partial charge in [-0.1, -0.05) is 26.0 Å². The van der Waals surface area contributed by atoms with Gasteiger partial charge in [-0.3, -0.25) is 4.99 Å². The average molecular weight is 371 g/mol. The Kier molecular flexibility index (Phi) is 9.48. The van der Waals surface area contributed by atoms with Crippen molar-refractivity contribution in [2.24, 2.45) is 10.9 Å². The smallest absolute Gasteiger partial charge is 0.240 e. The largest absolute Gasteiger partial charge is 0.380 e. The number of hydrogen-bond acceptors (Lipinski definition) is 4. The van der Waals surface area contributed by atoms with Gasteiger partial charge in [-0.05, 0) is 37.1 Å². The first-order valence-electron chi connectivity index (χ1n) is 8.43. The standard InChI is InChI=1S/C17H30N4O3S/c1-14(2)9-11-24-12-10-20-17(18-3)21-13-15-5-7-16(8-6-15)25(22,23)19-4/h5-8,14,19H,9-13H2,1-4H3,(H2,18,20,21). The van der Waals surface area contributed by atoms with Crippen LogP contribution in [0.3, 0.4) is 0 Å². The highest BCUT2D eigenvalue weighted by atomic mass is 32.2. The van der Waals surface area contributed by atoms with Crippen molar-refractivity contribution in [1.82, 2.24) is 15.4 Å². The molecule has 0 heterocycles. The molecule has 0 aliphatic carbocycles. The molecule has 0 radical (unpaired) electrons. The molecule has 0 saturated carbocycles. The van der Waals surface area contributed by atoms with Gasteiger partial charge < -0.3 is 15.4 Å². The van der Waals surface area contributed by atoms with Crippen LogP contribution in [0, 0.1) is 5.92 Å². The molecule has 142 valence electrons. The van der Waals surface area contributed by atoms with Crippen LogP contribution in [-0.4, -0.2) is 48.2 Å². The lowest BCUT2D eigenvalue weighted by molar-refractivity contribution is 0.128. The molecule has 0 unspecified atom stereocenters. The van der Waals surface area contributed by atoms with Crippen molar-refractivity contribution >= 4 is 16.0 Å². The van der Waals surface area contributed by atoms with Crippen LogP contribution in [0.15, 0.2) is 34.2 Å². The van der Waals surface area contributed by atoms with Gasteiger partial charge in [0.15, 0.2) is 5.96 Å². The maximum Gasteiger partial charge on any atom is 0.240 e. The molecule has 8 heteroatoms. The van der Waals surface area contributed by atoms with Crippen molar-refractivity contribution in [2.75, 3.05) is 33.9 Å². The number of benzene rings is 1. The predicted octanol–water partition coefficient (Wildman–Crippen LogP) is 1.32. The van der Waals surface area contributed by atoms with Crippen molar-refractivity contribution in [2.45, 2.75) is 31.7 Å². The summed E-state index contributed by atoms with van der Waals surface area (Å²) in [6, 6.07) is 6.72. The van der Waals surface area contributed by atoms with E-state index in [9.17, 15) is 8.42 Å². The fourth-order valence-electron chi connectivity index (χ4n) is 1.97. The lowest BCUT2D eigenvalue weighted by Gasteiger charge is -2.13. The summed E-state index contributed by atoms with van der Waals surface area (Å²) in [5.74, 6) is 1.33.